The number of benzene rings is 3. The normalized spacial score (nSPS) is 16.8. The smallest absolute Gasteiger partial charge is 0.300 e. The molecular formula is C30H32N2O5. The van der Waals surface area contributed by atoms with Crippen molar-refractivity contribution in [1.82, 2.24) is 0 Å². The van der Waals surface area contributed by atoms with Crippen LogP contribution in [0.4, 0.5) is 11.4 Å². The molecule has 1 atom stereocenters. The maximum atomic E-state index is 13.4. The summed E-state index contributed by atoms with van der Waals surface area (Å²) < 4.78 is 11.3. The number of anilines is 2. The molecular weight excluding hydrogens is 468 g/mol. The molecule has 192 valence electrons. The first kappa shape index (κ1) is 25.8. The third-order valence-corrected chi connectivity index (χ3v) is 6.07. The molecule has 1 N–H and O–H groups in total. The minimum Gasteiger partial charge on any atom is -0.507 e. The Morgan fingerprint density at radius 1 is 0.973 bits per heavy atom. The third kappa shape index (κ3) is 5.31. The molecule has 0 saturated carbocycles. The Morgan fingerprint density at radius 2 is 1.65 bits per heavy atom. The molecule has 0 bridgehead atoms. The van der Waals surface area contributed by atoms with Crippen molar-refractivity contribution in [1.29, 1.82) is 0 Å². The van der Waals surface area contributed by atoms with Gasteiger partial charge in [-0.3, -0.25) is 14.5 Å². The number of hydrogen-bond donors (Lipinski definition) is 1. The standard InChI is InChI=1S/C30H32N2O5/c1-6-36-24-16-14-23(15-17-24)32-27(20-10-12-22(13-11-20)31(4)5)26(29(34)30(32)35)28(33)21-8-7-9-25(18-21)37-19(2)3/h7-19,27,33H,6H2,1-5H3/b28-26-. The van der Waals surface area contributed by atoms with Gasteiger partial charge in [0.25, 0.3) is 11.7 Å². The number of aliphatic hydroxyl groups excluding tert-OH is 1. The van der Waals surface area contributed by atoms with Gasteiger partial charge in [0.2, 0.25) is 0 Å². The fraction of sp³-hybridized carbons (Fsp3) is 0.267. The summed E-state index contributed by atoms with van der Waals surface area (Å²) in [4.78, 5) is 30.2. The molecule has 7 heteroatoms. The summed E-state index contributed by atoms with van der Waals surface area (Å²) in [6.45, 7) is 6.23. The second kappa shape index (κ2) is 10.8. The number of hydrogen-bond acceptors (Lipinski definition) is 6. The van der Waals surface area contributed by atoms with Gasteiger partial charge in [0.15, 0.2) is 0 Å². The van der Waals surface area contributed by atoms with Gasteiger partial charge in [-0.15, -0.1) is 0 Å². The van der Waals surface area contributed by atoms with Crippen LogP contribution in [-0.4, -0.2) is 43.6 Å². The number of Topliss-reactive ketones (excluding diaryl/α,β-unsaturated/α-hetero) is 1. The highest BCUT2D eigenvalue weighted by atomic mass is 16.5. The Balaban J connectivity index is 1.86. The molecule has 1 saturated heterocycles. The molecule has 4 rings (SSSR count). The molecule has 1 heterocycles. The second-order valence-corrected chi connectivity index (χ2v) is 9.28. The number of nitrogens with zero attached hydrogens (tertiary/aromatic N) is 2. The number of ether oxygens (including phenoxy) is 2. The van der Waals surface area contributed by atoms with Crippen LogP contribution in [-0.2, 0) is 9.59 Å². The highest BCUT2D eigenvalue weighted by molar-refractivity contribution is 6.51. The molecule has 1 amide bonds. The largest absolute Gasteiger partial charge is 0.507 e. The molecule has 1 fully saturated rings. The first-order valence-corrected chi connectivity index (χ1v) is 12.3. The highest BCUT2D eigenvalue weighted by Crippen LogP contribution is 2.43. The Morgan fingerprint density at radius 3 is 2.24 bits per heavy atom. The number of amides is 1. The van der Waals surface area contributed by atoms with Crippen molar-refractivity contribution >= 4 is 28.8 Å². The van der Waals surface area contributed by atoms with E-state index >= 15 is 0 Å². The molecule has 3 aromatic carbocycles. The predicted molar refractivity (Wildman–Crippen MR) is 145 cm³/mol. The lowest BCUT2D eigenvalue weighted by Gasteiger charge is -2.26. The molecule has 7 nitrogen and oxygen atoms in total. The SMILES string of the molecule is CCOc1ccc(N2C(=O)C(=O)/C(=C(\O)c3cccc(OC(C)C)c3)C2c2ccc(N(C)C)cc2)cc1. The van der Waals surface area contributed by atoms with E-state index in [1.807, 2.05) is 64.0 Å². The van der Waals surface area contributed by atoms with Crippen molar-refractivity contribution in [3.05, 3.63) is 89.5 Å². The Bertz CT molecular complexity index is 1310. The monoisotopic (exact) mass is 500 g/mol. The van der Waals surface area contributed by atoms with E-state index in [-0.39, 0.29) is 17.4 Å². The number of rotatable bonds is 8. The summed E-state index contributed by atoms with van der Waals surface area (Å²) in [5.41, 5.74) is 2.63. The molecule has 0 aliphatic carbocycles. The first-order chi connectivity index (χ1) is 17.7. The molecule has 3 aromatic rings. The van der Waals surface area contributed by atoms with E-state index in [4.69, 9.17) is 9.47 Å². The molecule has 1 aliphatic heterocycles. The van der Waals surface area contributed by atoms with Crippen LogP contribution in [0.3, 0.4) is 0 Å². The maximum Gasteiger partial charge on any atom is 0.300 e. The van der Waals surface area contributed by atoms with E-state index in [2.05, 4.69) is 0 Å². The Hall–Kier alpha value is -4.26. The van der Waals surface area contributed by atoms with Crippen LogP contribution < -0.4 is 19.3 Å². The van der Waals surface area contributed by atoms with Crippen LogP contribution in [0, 0.1) is 0 Å². The Labute approximate surface area is 217 Å². The first-order valence-electron chi connectivity index (χ1n) is 12.3. The zero-order valence-electron chi connectivity index (χ0n) is 21.8. The summed E-state index contributed by atoms with van der Waals surface area (Å²) in [6, 6.07) is 20.7. The number of carbonyl (C=O) groups excluding carboxylic acids is 2. The average Bonchev–Trinajstić information content (AvgIpc) is 3.14. The van der Waals surface area contributed by atoms with Crippen molar-refractivity contribution < 1.29 is 24.2 Å². The summed E-state index contributed by atoms with van der Waals surface area (Å²) in [5, 5.41) is 11.4. The van der Waals surface area contributed by atoms with Gasteiger partial charge < -0.3 is 19.5 Å². The quantitative estimate of drug-likeness (QED) is 0.248. The van der Waals surface area contributed by atoms with E-state index in [1.165, 1.54) is 4.90 Å². The van der Waals surface area contributed by atoms with E-state index in [1.54, 1.807) is 48.5 Å². The van der Waals surface area contributed by atoms with E-state index in [9.17, 15) is 14.7 Å². The van der Waals surface area contributed by atoms with Crippen LogP contribution in [0.2, 0.25) is 0 Å². The minimum atomic E-state index is -0.816. The molecule has 0 radical (unpaired) electrons. The zero-order valence-corrected chi connectivity index (χ0v) is 21.8. The van der Waals surface area contributed by atoms with Gasteiger partial charge in [-0.1, -0.05) is 24.3 Å². The number of ketones is 1. The lowest BCUT2D eigenvalue weighted by Crippen LogP contribution is -2.29. The number of carbonyl (C=O) groups is 2. The Kier molecular flexibility index (Phi) is 7.53. The highest BCUT2D eigenvalue weighted by Gasteiger charge is 2.47. The van der Waals surface area contributed by atoms with Crippen molar-refractivity contribution in [2.45, 2.75) is 32.9 Å². The molecule has 0 spiro atoms. The van der Waals surface area contributed by atoms with Gasteiger partial charge in [0, 0.05) is 31.0 Å². The van der Waals surface area contributed by atoms with Gasteiger partial charge in [0.1, 0.15) is 17.3 Å². The average molecular weight is 501 g/mol. The summed E-state index contributed by atoms with van der Waals surface area (Å²) in [6.07, 6.45) is -0.0575. The van der Waals surface area contributed by atoms with Crippen LogP contribution in [0.25, 0.3) is 5.76 Å². The summed E-state index contributed by atoms with van der Waals surface area (Å²) in [5.74, 6) is -0.476. The number of aliphatic hydroxyl groups is 1. The van der Waals surface area contributed by atoms with Crippen molar-refractivity contribution in [3.63, 3.8) is 0 Å². The van der Waals surface area contributed by atoms with Crippen LogP contribution in [0.5, 0.6) is 11.5 Å². The van der Waals surface area contributed by atoms with Crippen LogP contribution >= 0.6 is 0 Å². The maximum absolute atomic E-state index is 13.4. The molecule has 1 unspecified atom stereocenters. The van der Waals surface area contributed by atoms with E-state index in [0.29, 0.717) is 34.9 Å². The second-order valence-electron chi connectivity index (χ2n) is 9.28. The van der Waals surface area contributed by atoms with Crippen molar-refractivity contribution in [2.24, 2.45) is 0 Å². The zero-order chi connectivity index (χ0) is 26.7. The molecule has 37 heavy (non-hydrogen) atoms. The fourth-order valence-corrected chi connectivity index (χ4v) is 4.38. The van der Waals surface area contributed by atoms with E-state index in [0.717, 1.165) is 5.69 Å². The third-order valence-electron chi connectivity index (χ3n) is 6.07. The summed E-state index contributed by atoms with van der Waals surface area (Å²) >= 11 is 0. The van der Waals surface area contributed by atoms with Gasteiger partial charge in [0.05, 0.1) is 24.3 Å². The van der Waals surface area contributed by atoms with Crippen LogP contribution in [0.1, 0.15) is 37.9 Å². The molecule has 1 aliphatic rings. The summed E-state index contributed by atoms with van der Waals surface area (Å²) in [7, 11) is 3.88. The molecule has 0 aromatic heterocycles. The topological polar surface area (TPSA) is 79.3 Å². The predicted octanol–water partition coefficient (Wildman–Crippen LogP) is 5.56. The van der Waals surface area contributed by atoms with Gasteiger partial charge in [-0.2, -0.15) is 0 Å². The minimum absolute atomic E-state index is 0.0261. The van der Waals surface area contributed by atoms with Gasteiger partial charge in [-0.05, 0) is 74.9 Å². The van der Waals surface area contributed by atoms with Gasteiger partial charge in [-0.25, -0.2) is 0 Å². The van der Waals surface area contributed by atoms with E-state index < -0.39 is 17.7 Å². The lowest BCUT2D eigenvalue weighted by molar-refractivity contribution is -0.132. The van der Waals surface area contributed by atoms with Crippen molar-refractivity contribution in [2.75, 3.05) is 30.5 Å². The lowest BCUT2D eigenvalue weighted by atomic mass is 9.94. The fourth-order valence-electron chi connectivity index (χ4n) is 4.38. The van der Waals surface area contributed by atoms with Crippen molar-refractivity contribution in [3.8, 4) is 11.5 Å². The van der Waals surface area contributed by atoms with Crippen LogP contribution in [0.15, 0.2) is 78.4 Å². The van der Waals surface area contributed by atoms with Gasteiger partial charge >= 0.3 is 0 Å².